The molecule has 0 atom stereocenters. The van der Waals surface area contributed by atoms with Gasteiger partial charge >= 0.3 is 0 Å². The lowest BCUT2D eigenvalue weighted by molar-refractivity contribution is 0.102. The van der Waals surface area contributed by atoms with Crippen LogP contribution < -0.4 is 10.6 Å². The Hall–Kier alpha value is -2.14. The van der Waals surface area contributed by atoms with Crippen molar-refractivity contribution in [2.75, 3.05) is 17.2 Å². The molecule has 0 saturated heterocycles. The molecule has 1 aromatic heterocycles. The fraction of sp³-hybridized carbons (Fsp3) is 0.154. The zero-order valence-electron chi connectivity index (χ0n) is 10.4. The number of aromatic nitrogens is 2. The minimum Gasteiger partial charge on any atom is -0.385 e. The van der Waals surface area contributed by atoms with Crippen molar-refractivity contribution in [3.8, 4) is 0 Å². The van der Waals surface area contributed by atoms with Crippen molar-refractivity contribution < 1.29 is 4.79 Å². The summed E-state index contributed by atoms with van der Waals surface area (Å²) >= 11 is 5.93. The van der Waals surface area contributed by atoms with Gasteiger partial charge in [-0.2, -0.15) is 5.10 Å². The Morgan fingerprint density at radius 2 is 2.21 bits per heavy atom. The summed E-state index contributed by atoms with van der Waals surface area (Å²) < 4.78 is 0. The van der Waals surface area contributed by atoms with Gasteiger partial charge in [-0.3, -0.25) is 4.79 Å². The van der Waals surface area contributed by atoms with E-state index in [1.54, 1.807) is 36.5 Å². The Kier molecular flexibility index (Phi) is 4.30. The summed E-state index contributed by atoms with van der Waals surface area (Å²) in [5, 5.41) is 13.8. The highest BCUT2D eigenvalue weighted by Crippen LogP contribution is 2.21. The zero-order valence-corrected chi connectivity index (χ0v) is 11.1. The Morgan fingerprint density at radius 3 is 2.89 bits per heavy atom. The number of halogens is 1. The van der Waals surface area contributed by atoms with Gasteiger partial charge in [0.05, 0.1) is 5.56 Å². The highest BCUT2D eigenvalue weighted by molar-refractivity contribution is 6.31. The van der Waals surface area contributed by atoms with Gasteiger partial charge in [0.1, 0.15) is 0 Å². The minimum absolute atomic E-state index is 0.279. The van der Waals surface area contributed by atoms with Crippen molar-refractivity contribution in [2.24, 2.45) is 0 Å². The van der Waals surface area contributed by atoms with Crippen LogP contribution in [-0.4, -0.2) is 22.6 Å². The molecule has 98 valence electrons. The van der Waals surface area contributed by atoms with Gasteiger partial charge in [0.2, 0.25) is 0 Å². The molecule has 0 spiro atoms. The molecule has 2 rings (SSSR count). The zero-order chi connectivity index (χ0) is 13.7. The van der Waals surface area contributed by atoms with E-state index in [0.29, 0.717) is 22.9 Å². The molecule has 5 nitrogen and oxygen atoms in total. The van der Waals surface area contributed by atoms with E-state index in [4.69, 9.17) is 11.6 Å². The molecule has 1 amide bonds. The quantitative estimate of drug-likeness (QED) is 0.901. The maximum atomic E-state index is 12.2. The van der Waals surface area contributed by atoms with Crippen molar-refractivity contribution >= 4 is 29.0 Å². The van der Waals surface area contributed by atoms with Crippen LogP contribution in [0.3, 0.4) is 0 Å². The van der Waals surface area contributed by atoms with Crippen molar-refractivity contribution in [3.63, 3.8) is 0 Å². The van der Waals surface area contributed by atoms with E-state index in [1.165, 1.54) is 0 Å². The normalized spacial score (nSPS) is 10.0. The molecular formula is C13H13ClN4O. The molecule has 0 bridgehead atoms. The monoisotopic (exact) mass is 276 g/mol. The Balaban J connectivity index is 2.25. The number of anilines is 2. The van der Waals surface area contributed by atoms with Crippen LogP contribution in [-0.2, 0) is 0 Å². The van der Waals surface area contributed by atoms with Gasteiger partial charge in [0, 0.05) is 23.5 Å². The van der Waals surface area contributed by atoms with Gasteiger partial charge in [-0.1, -0.05) is 11.6 Å². The largest absolute Gasteiger partial charge is 0.385 e. The highest BCUT2D eigenvalue weighted by atomic mass is 35.5. The highest BCUT2D eigenvalue weighted by Gasteiger charge is 2.12. The maximum absolute atomic E-state index is 12.2. The third-order valence-corrected chi connectivity index (χ3v) is 2.64. The fourth-order valence-corrected chi connectivity index (χ4v) is 1.77. The summed E-state index contributed by atoms with van der Waals surface area (Å²) in [6.07, 6.45) is 1.54. The molecule has 0 aliphatic heterocycles. The minimum atomic E-state index is -0.279. The van der Waals surface area contributed by atoms with Crippen LogP contribution in [0.2, 0.25) is 5.02 Å². The van der Waals surface area contributed by atoms with E-state index in [-0.39, 0.29) is 5.91 Å². The van der Waals surface area contributed by atoms with Gasteiger partial charge in [0.15, 0.2) is 5.82 Å². The Bertz CT molecular complexity index is 574. The molecule has 0 fully saturated rings. The number of nitrogens with one attached hydrogen (secondary N) is 2. The molecule has 0 unspecified atom stereocenters. The third-order valence-electron chi connectivity index (χ3n) is 2.41. The number of carbonyl (C=O) groups is 1. The molecular weight excluding hydrogens is 264 g/mol. The summed E-state index contributed by atoms with van der Waals surface area (Å²) in [6.45, 7) is 2.67. The standard InChI is InChI=1S/C13H13ClN4O/c1-2-15-11-6-5-9(14)8-10(11)13(19)17-12-4-3-7-16-18-12/h3-8,15H,2H2,1H3,(H,17,18,19). The molecule has 0 aliphatic carbocycles. The summed E-state index contributed by atoms with van der Waals surface area (Å²) in [5.74, 6) is 0.119. The van der Waals surface area contributed by atoms with Gasteiger partial charge in [0.25, 0.3) is 5.91 Å². The first kappa shape index (κ1) is 13.3. The van der Waals surface area contributed by atoms with Crippen molar-refractivity contribution in [1.82, 2.24) is 10.2 Å². The number of amides is 1. The molecule has 2 N–H and O–H groups in total. The average molecular weight is 277 g/mol. The Morgan fingerprint density at radius 1 is 1.37 bits per heavy atom. The molecule has 0 aliphatic rings. The van der Waals surface area contributed by atoms with Crippen molar-refractivity contribution in [3.05, 3.63) is 47.1 Å². The van der Waals surface area contributed by atoms with Crippen LogP contribution in [0.25, 0.3) is 0 Å². The number of hydrogen-bond acceptors (Lipinski definition) is 4. The van der Waals surface area contributed by atoms with Crippen LogP contribution in [0.15, 0.2) is 36.5 Å². The fourth-order valence-electron chi connectivity index (χ4n) is 1.60. The first-order valence-corrected chi connectivity index (χ1v) is 6.21. The predicted octanol–water partition coefficient (Wildman–Crippen LogP) is 2.81. The van der Waals surface area contributed by atoms with Gasteiger partial charge < -0.3 is 10.6 Å². The van der Waals surface area contributed by atoms with E-state index >= 15 is 0 Å². The lowest BCUT2D eigenvalue weighted by Gasteiger charge is -2.11. The third kappa shape index (κ3) is 3.42. The molecule has 0 radical (unpaired) electrons. The lowest BCUT2D eigenvalue weighted by Crippen LogP contribution is -2.15. The molecule has 6 heteroatoms. The first-order chi connectivity index (χ1) is 9.20. The second-order valence-corrected chi connectivity index (χ2v) is 4.22. The van der Waals surface area contributed by atoms with Crippen LogP contribution in [0.1, 0.15) is 17.3 Å². The van der Waals surface area contributed by atoms with Crippen LogP contribution >= 0.6 is 11.6 Å². The number of rotatable bonds is 4. The van der Waals surface area contributed by atoms with Crippen LogP contribution in [0.4, 0.5) is 11.5 Å². The van der Waals surface area contributed by atoms with E-state index < -0.39 is 0 Å². The average Bonchev–Trinajstić information content (AvgIpc) is 2.42. The van der Waals surface area contributed by atoms with E-state index in [1.807, 2.05) is 6.92 Å². The SMILES string of the molecule is CCNc1ccc(Cl)cc1C(=O)Nc1cccnn1. The van der Waals surface area contributed by atoms with E-state index in [2.05, 4.69) is 20.8 Å². The van der Waals surface area contributed by atoms with Crippen molar-refractivity contribution in [2.45, 2.75) is 6.92 Å². The molecule has 2 aromatic rings. The molecule has 0 saturated carbocycles. The second-order valence-electron chi connectivity index (χ2n) is 3.78. The van der Waals surface area contributed by atoms with Crippen molar-refractivity contribution in [1.29, 1.82) is 0 Å². The maximum Gasteiger partial charge on any atom is 0.259 e. The lowest BCUT2D eigenvalue weighted by atomic mass is 10.1. The van der Waals surface area contributed by atoms with Gasteiger partial charge in [-0.25, -0.2) is 0 Å². The van der Waals surface area contributed by atoms with E-state index in [0.717, 1.165) is 5.69 Å². The number of hydrogen-bond donors (Lipinski definition) is 2. The van der Waals surface area contributed by atoms with Crippen LogP contribution in [0, 0.1) is 0 Å². The Labute approximate surface area is 116 Å². The van der Waals surface area contributed by atoms with Gasteiger partial charge in [-0.05, 0) is 37.3 Å². The second kappa shape index (κ2) is 6.15. The van der Waals surface area contributed by atoms with Crippen LogP contribution in [0.5, 0.6) is 0 Å². The molecule has 1 aromatic carbocycles. The van der Waals surface area contributed by atoms with E-state index in [9.17, 15) is 4.79 Å². The summed E-state index contributed by atoms with van der Waals surface area (Å²) in [7, 11) is 0. The summed E-state index contributed by atoms with van der Waals surface area (Å²) in [4.78, 5) is 12.2. The summed E-state index contributed by atoms with van der Waals surface area (Å²) in [6, 6.07) is 8.50. The topological polar surface area (TPSA) is 66.9 Å². The number of benzene rings is 1. The number of nitrogens with zero attached hydrogens (tertiary/aromatic N) is 2. The first-order valence-electron chi connectivity index (χ1n) is 5.83. The number of carbonyl (C=O) groups excluding carboxylic acids is 1. The predicted molar refractivity (Wildman–Crippen MR) is 75.6 cm³/mol. The summed E-state index contributed by atoms with van der Waals surface area (Å²) in [5.41, 5.74) is 1.20. The molecule has 19 heavy (non-hydrogen) atoms. The smallest absolute Gasteiger partial charge is 0.259 e. The molecule has 1 heterocycles. The van der Waals surface area contributed by atoms with Gasteiger partial charge in [-0.15, -0.1) is 5.10 Å².